The van der Waals surface area contributed by atoms with Gasteiger partial charge in [0.15, 0.2) is 0 Å². The molecule has 0 aromatic heterocycles. The van der Waals surface area contributed by atoms with Gasteiger partial charge in [0.05, 0.1) is 27.8 Å². The maximum absolute atomic E-state index is 13.7. The van der Waals surface area contributed by atoms with Gasteiger partial charge in [-0.15, -0.1) is 0 Å². The zero-order valence-corrected chi connectivity index (χ0v) is 27.0. The van der Waals surface area contributed by atoms with Crippen LogP contribution in [0.25, 0.3) is 0 Å². The Labute approximate surface area is 278 Å². The summed E-state index contributed by atoms with van der Waals surface area (Å²) in [4.78, 5) is 2.25. The molecule has 0 amide bonds. The maximum atomic E-state index is 13.7. The zero-order valence-electron chi connectivity index (χ0n) is 25.4. The van der Waals surface area contributed by atoms with Gasteiger partial charge in [-0.3, -0.25) is 9.62 Å². The molecule has 1 N–H and O–H groups in total. The number of halogens is 4. The molecule has 5 aromatic carbocycles. The Morgan fingerprint density at radius 2 is 1.36 bits per heavy atom. The third-order valence-electron chi connectivity index (χ3n) is 7.65. The largest absolute Gasteiger partial charge is 0.493 e. The van der Waals surface area contributed by atoms with Crippen LogP contribution in [-0.2, 0) is 22.7 Å². The fraction of sp³-hybridized carbons (Fsp3) is 0.189. The summed E-state index contributed by atoms with van der Waals surface area (Å²) >= 11 is 6.33. The van der Waals surface area contributed by atoms with Crippen LogP contribution in [0.3, 0.4) is 0 Å². The summed E-state index contributed by atoms with van der Waals surface area (Å²) in [7, 11) is -3.76. The number of nitrogens with zero attached hydrogens (tertiary/aromatic N) is 1. The van der Waals surface area contributed by atoms with Crippen molar-refractivity contribution in [3.8, 4) is 5.75 Å². The van der Waals surface area contributed by atoms with E-state index in [1.54, 1.807) is 48.5 Å². The van der Waals surface area contributed by atoms with E-state index in [0.29, 0.717) is 43.1 Å². The Morgan fingerprint density at radius 1 is 0.766 bits per heavy atom. The minimum atomic E-state index is -4.56. The van der Waals surface area contributed by atoms with Crippen molar-refractivity contribution in [3.63, 3.8) is 0 Å². The Balaban J connectivity index is 1.31. The van der Waals surface area contributed by atoms with Crippen molar-refractivity contribution in [1.82, 2.24) is 4.90 Å². The molecule has 0 saturated carbocycles. The van der Waals surface area contributed by atoms with Crippen LogP contribution in [-0.4, -0.2) is 33.0 Å². The number of anilines is 1. The van der Waals surface area contributed by atoms with Crippen molar-refractivity contribution in [1.29, 1.82) is 0 Å². The first-order valence-electron chi connectivity index (χ1n) is 15.1. The van der Waals surface area contributed by atoms with E-state index < -0.39 is 21.8 Å². The second-order valence-corrected chi connectivity index (χ2v) is 13.1. The van der Waals surface area contributed by atoms with Crippen LogP contribution in [0.4, 0.5) is 18.9 Å². The summed E-state index contributed by atoms with van der Waals surface area (Å²) in [6.07, 6.45) is -4.01. The summed E-state index contributed by atoms with van der Waals surface area (Å²) in [6.45, 7) is 1.53. The van der Waals surface area contributed by atoms with Crippen molar-refractivity contribution >= 4 is 27.3 Å². The summed E-state index contributed by atoms with van der Waals surface area (Å²) in [6, 6.07) is 38.8. The molecule has 10 heteroatoms. The summed E-state index contributed by atoms with van der Waals surface area (Å²) in [5.74, 6) is 0.439. The van der Waals surface area contributed by atoms with Gasteiger partial charge in [-0.2, -0.15) is 13.2 Å². The molecule has 5 nitrogen and oxygen atoms in total. The van der Waals surface area contributed by atoms with E-state index in [0.717, 1.165) is 17.2 Å². The van der Waals surface area contributed by atoms with Crippen molar-refractivity contribution in [2.75, 3.05) is 24.4 Å². The maximum Gasteiger partial charge on any atom is 0.417 e. The Bertz CT molecular complexity index is 1800. The quantitative estimate of drug-likeness (QED) is 0.119. The van der Waals surface area contributed by atoms with E-state index in [1.165, 1.54) is 18.2 Å². The van der Waals surface area contributed by atoms with Crippen LogP contribution in [0.15, 0.2) is 138 Å². The van der Waals surface area contributed by atoms with Crippen molar-refractivity contribution in [2.24, 2.45) is 0 Å². The van der Waals surface area contributed by atoms with Crippen LogP contribution in [0.1, 0.15) is 34.6 Å². The number of hydrogen-bond acceptors (Lipinski definition) is 4. The van der Waals surface area contributed by atoms with Crippen molar-refractivity contribution in [2.45, 2.75) is 30.0 Å². The molecule has 0 saturated heterocycles. The normalized spacial score (nSPS) is 12.0. The molecular formula is C37H34ClF3N2O3S. The number of ether oxygens (including phenoxy) is 1. The molecule has 0 bridgehead atoms. The predicted octanol–water partition coefficient (Wildman–Crippen LogP) is 9.26. The minimum absolute atomic E-state index is 0.0442. The molecule has 0 radical (unpaired) electrons. The van der Waals surface area contributed by atoms with Crippen LogP contribution in [0, 0.1) is 0 Å². The van der Waals surface area contributed by atoms with Gasteiger partial charge < -0.3 is 4.74 Å². The van der Waals surface area contributed by atoms with Crippen LogP contribution >= 0.6 is 11.6 Å². The van der Waals surface area contributed by atoms with Gasteiger partial charge in [0.25, 0.3) is 10.0 Å². The number of alkyl halides is 3. The lowest BCUT2D eigenvalue weighted by atomic mass is 9.90. The molecule has 0 aliphatic carbocycles. The molecular weight excluding hydrogens is 645 g/mol. The molecule has 0 atom stereocenters. The highest BCUT2D eigenvalue weighted by atomic mass is 35.5. The first-order chi connectivity index (χ1) is 22.6. The summed E-state index contributed by atoms with van der Waals surface area (Å²) in [5.41, 5.74) is 2.07. The minimum Gasteiger partial charge on any atom is -0.493 e. The molecule has 0 unspecified atom stereocenters. The third kappa shape index (κ3) is 9.38. The van der Waals surface area contributed by atoms with E-state index in [9.17, 15) is 21.6 Å². The monoisotopic (exact) mass is 678 g/mol. The highest BCUT2D eigenvalue weighted by Crippen LogP contribution is 2.37. The van der Waals surface area contributed by atoms with E-state index >= 15 is 0 Å². The molecule has 5 aromatic rings. The first kappa shape index (κ1) is 34.0. The standard InChI is InChI=1S/C37H34ClF3N2O3S/c38-36-30(17-10-22-35(36)37(39,40)41)26-43(27-34(28-13-4-1-5-14-28)29-15-6-2-7-16-29)23-12-24-46-32-19-11-18-31(25-32)42-47(44,45)33-20-8-3-9-21-33/h1-11,13-22,25,34,42H,12,23-24,26-27H2. The third-order valence-corrected chi connectivity index (χ3v) is 9.49. The molecule has 0 fully saturated rings. The Kier molecular flexibility index (Phi) is 11.2. The molecule has 244 valence electrons. The van der Waals surface area contributed by atoms with Crippen LogP contribution in [0.2, 0.25) is 5.02 Å². The van der Waals surface area contributed by atoms with E-state index in [2.05, 4.69) is 33.9 Å². The van der Waals surface area contributed by atoms with Gasteiger partial charge in [-0.1, -0.05) is 109 Å². The zero-order chi connectivity index (χ0) is 33.3. The molecule has 0 aliphatic rings. The average molecular weight is 679 g/mol. The predicted molar refractivity (Wildman–Crippen MR) is 180 cm³/mol. The first-order valence-corrected chi connectivity index (χ1v) is 16.9. The van der Waals surface area contributed by atoms with Gasteiger partial charge in [-0.25, -0.2) is 8.42 Å². The van der Waals surface area contributed by atoms with Crippen molar-refractivity contribution < 1.29 is 26.3 Å². The van der Waals surface area contributed by atoms with Gasteiger partial charge in [-0.05, 0) is 53.4 Å². The molecule has 0 spiro atoms. The fourth-order valence-electron chi connectivity index (χ4n) is 5.37. The summed E-state index contributed by atoms with van der Waals surface area (Å²) < 4.78 is 75.1. The van der Waals surface area contributed by atoms with Gasteiger partial charge >= 0.3 is 6.18 Å². The second kappa shape index (κ2) is 15.5. The lowest BCUT2D eigenvalue weighted by molar-refractivity contribution is -0.137. The summed E-state index contributed by atoms with van der Waals surface area (Å²) in [5, 5.41) is -0.299. The van der Waals surface area contributed by atoms with E-state index in [4.69, 9.17) is 16.3 Å². The topological polar surface area (TPSA) is 58.6 Å². The number of sulfonamides is 1. The van der Waals surface area contributed by atoms with E-state index in [1.807, 2.05) is 36.4 Å². The van der Waals surface area contributed by atoms with Crippen LogP contribution < -0.4 is 9.46 Å². The smallest absolute Gasteiger partial charge is 0.417 e. The Morgan fingerprint density at radius 3 is 1.98 bits per heavy atom. The number of hydrogen-bond donors (Lipinski definition) is 1. The number of rotatable bonds is 14. The number of benzene rings is 5. The highest BCUT2D eigenvalue weighted by molar-refractivity contribution is 7.92. The lowest BCUT2D eigenvalue weighted by Gasteiger charge is -2.29. The number of nitrogens with one attached hydrogen (secondary N) is 1. The molecule has 5 rings (SSSR count). The van der Waals surface area contributed by atoms with E-state index in [-0.39, 0.29) is 22.4 Å². The molecule has 0 aliphatic heterocycles. The Hall–Kier alpha value is -4.31. The highest BCUT2D eigenvalue weighted by Gasteiger charge is 2.34. The lowest BCUT2D eigenvalue weighted by Crippen LogP contribution is -2.31. The van der Waals surface area contributed by atoms with Crippen LogP contribution in [0.5, 0.6) is 5.75 Å². The second-order valence-electron chi connectivity index (χ2n) is 11.0. The van der Waals surface area contributed by atoms with Gasteiger partial charge in [0.2, 0.25) is 0 Å². The fourth-order valence-corrected chi connectivity index (χ4v) is 6.73. The molecule has 0 heterocycles. The van der Waals surface area contributed by atoms with Gasteiger partial charge in [0.1, 0.15) is 5.75 Å². The SMILES string of the molecule is O=S(=O)(Nc1cccc(OCCCN(Cc2cccc(C(F)(F)F)c2Cl)CC(c2ccccc2)c2ccccc2)c1)c1ccccc1. The molecule has 47 heavy (non-hydrogen) atoms. The average Bonchev–Trinajstić information content (AvgIpc) is 3.07. The van der Waals surface area contributed by atoms with Crippen molar-refractivity contribution in [3.05, 3.63) is 161 Å². The van der Waals surface area contributed by atoms with Gasteiger partial charge in [0, 0.05) is 31.6 Å².